The Morgan fingerprint density at radius 1 is 1.17 bits per heavy atom. The van der Waals surface area contributed by atoms with Crippen LogP contribution in [0.5, 0.6) is 0 Å². The fourth-order valence-corrected chi connectivity index (χ4v) is 1.84. The van der Waals surface area contributed by atoms with Crippen LogP contribution in [-0.2, 0) is 0 Å². The van der Waals surface area contributed by atoms with Crippen molar-refractivity contribution in [3.63, 3.8) is 0 Å². The number of hydrogen-bond donors (Lipinski definition) is 0. The van der Waals surface area contributed by atoms with E-state index in [1.165, 1.54) is 5.56 Å². The zero-order valence-corrected chi connectivity index (χ0v) is 12.2. The lowest BCUT2D eigenvalue weighted by Gasteiger charge is -2.22. The van der Waals surface area contributed by atoms with Gasteiger partial charge in [0.1, 0.15) is 0 Å². The number of carbonyl (C=O) groups is 1. The lowest BCUT2D eigenvalue weighted by molar-refractivity contribution is 0.0783. The number of likely N-dealkylation sites (N-methyl/N-ethyl adjacent to an activating group) is 2. The molecule has 0 N–H and O–H groups in total. The number of hydrogen-bond acceptors (Lipinski definition) is 2. The molecule has 18 heavy (non-hydrogen) atoms. The Kier molecular flexibility index (Phi) is 5.35. The Morgan fingerprint density at radius 3 is 2.39 bits per heavy atom. The van der Waals surface area contributed by atoms with Gasteiger partial charge in [0.2, 0.25) is 0 Å². The maximum absolute atomic E-state index is 12.3. The zero-order chi connectivity index (χ0) is 13.7. The summed E-state index contributed by atoms with van der Waals surface area (Å²) in [7, 11) is 3.93. The molecule has 0 saturated heterocycles. The number of aryl methyl sites for hydroxylation is 2. The topological polar surface area (TPSA) is 23.6 Å². The third-order valence-electron chi connectivity index (χ3n) is 3.32. The molecule has 1 aromatic rings. The zero-order valence-electron chi connectivity index (χ0n) is 12.2. The molecule has 0 aliphatic rings. The molecule has 0 spiro atoms. The maximum atomic E-state index is 12.3. The van der Waals surface area contributed by atoms with E-state index in [4.69, 9.17) is 0 Å². The lowest BCUT2D eigenvalue weighted by Crippen LogP contribution is -2.35. The van der Waals surface area contributed by atoms with Gasteiger partial charge in [-0.25, -0.2) is 0 Å². The van der Waals surface area contributed by atoms with Crippen molar-refractivity contribution in [3.8, 4) is 0 Å². The van der Waals surface area contributed by atoms with E-state index in [1.54, 1.807) is 4.90 Å². The van der Waals surface area contributed by atoms with Gasteiger partial charge in [-0.3, -0.25) is 4.79 Å². The highest BCUT2D eigenvalue weighted by molar-refractivity contribution is 5.95. The maximum Gasteiger partial charge on any atom is 0.253 e. The normalized spacial score (nSPS) is 10.8. The van der Waals surface area contributed by atoms with Crippen LogP contribution in [-0.4, -0.2) is 49.4 Å². The van der Waals surface area contributed by atoms with E-state index in [9.17, 15) is 4.79 Å². The summed E-state index contributed by atoms with van der Waals surface area (Å²) in [4.78, 5) is 16.3. The van der Waals surface area contributed by atoms with Crippen molar-refractivity contribution in [2.24, 2.45) is 0 Å². The van der Waals surface area contributed by atoms with Gasteiger partial charge in [-0.1, -0.05) is 24.6 Å². The van der Waals surface area contributed by atoms with Crippen LogP contribution < -0.4 is 0 Å². The van der Waals surface area contributed by atoms with Gasteiger partial charge < -0.3 is 9.80 Å². The standard InChI is InChI=1S/C15H24N2O/c1-6-16(4)9-10-17(5)15(18)14-8-7-12(2)11-13(14)3/h7-8,11H,6,9-10H2,1-5H3. The molecule has 0 atom stereocenters. The molecule has 3 nitrogen and oxygen atoms in total. The first-order valence-corrected chi connectivity index (χ1v) is 6.47. The molecule has 0 fully saturated rings. The molecule has 0 aromatic heterocycles. The lowest BCUT2D eigenvalue weighted by atomic mass is 10.0. The quantitative estimate of drug-likeness (QED) is 0.798. The number of amides is 1. The van der Waals surface area contributed by atoms with Gasteiger partial charge in [-0.15, -0.1) is 0 Å². The third kappa shape index (κ3) is 3.84. The Labute approximate surface area is 110 Å². The highest BCUT2D eigenvalue weighted by atomic mass is 16.2. The molecule has 0 heterocycles. The van der Waals surface area contributed by atoms with Crippen LogP contribution in [0.3, 0.4) is 0 Å². The van der Waals surface area contributed by atoms with Gasteiger partial charge in [0.15, 0.2) is 0 Å². The van der Waals surface area contributed by atoms with E-state index in [-0.39, 0.29) is 5.91 Å². The molecule has 0 aliphatic carbocycles. The van der Waals surface area contributed by atoms with Crippen molar-refractivity contribution in [1.82, 2.24) is 9.80 Å². The number of nitrogens with zero attached hydrogens (tertiary/aromatic N) is 2. The number of rotatable bonds is 5. The Hall–Kier alpha value is -1.35. The average Bonchev–Trinajstić information content (AvgIpc) is 2.34. The van der Waals surface area contributed by atoms with Crippen LogP contribution in [0.15, 0.2) is 18.2 Å². The van der Waals surface area contributed by atoms with Crippen LogP contribution in [0.4, 0.5) is 0 Å². The molecule has 0 unspecified atom stereocenters. The van der Waals surface area contributed by atoms with Crippen molar-refractivity contribution in [2.75, 3.05) is 33.7 Å². The molecule has 3 heteroatoms. The van der Waals surface area contributed by atoms with E-state index in [0.29, 0.717) is 0 Å². The minimum Gasteiger partial charge on any atom is -0.340 e. The van der Waals surface area contributed by atoms with Gasteiger partial charge in [0, 0.05) is 25.7 Å². The third-order valence-corrected chi connectivity index (χ3v) is 3.32. The Balaban J connectivity index is 2.68. The van der Waals surface area contributed by atoms with E-state index in [2.05, 4.69) is 24.9 Å². The van der Waals surface area contributed by atoms with E-state index >= 15 is 0 Å². The van der Waals surface area contributed by atoms with Gasteiger partial charge in [0.25, 0.3) is 5.91 Å². The largest absolute Gasteiger partial charge is 0.340 e. The summed E-state index contributed by atoms with van der Waals surface area (Å²) in [5.74, 6) is 0.108. The molecule has 0 saturated carbocycles. The summed E-state index contributed by atoms with van der Waals surface area (Å²) in [5, 5.41) is 0. The van der Waals surface area contributed by atoms with Crippen molar-refractivity contribution >= 4 is 5.91 Å². The molecular weight excluding hydrogens is 224 g/mol. The van der Waals surface area contributed by atoms with Gasteiger partial charge in [-0.05, 0) is 39.1 Å². The predicted octanol–water partition coefficient (Wildman–Crippen LogP) is 2.33. The SMILES string of the molecule is CCN(C)CCN(C)C(=O)c1ccc(C)cc1C. The molecule has 0 radical (unpaired) electrons. The monoisotopic (exact) mass is 248 g/mol. The van der Waals surface area contributed by atoms with Gasteiger partial charge >= 0.3 is 0 Å². The van der Waals surface area contributed by atoms with Crippen LogP contribution in [0.1, 0.15) is 28.4 Å². The molecule has 0 aliphatic heterocycles. The van der Waals surface area contributed by atoms with E-state index < -0.39 is 0 Å². The Bertz CT molecular complexity index is 415. The van der Waals surface area contributed by atoms with Crippen molar-refractivity contribution in [2.45, 2.75) is 20.8 Å². The fraction of sp³-hybridized carbons (Fsp3) is 0.533. The summed E-state index contributed by atoms with van der Waals surface area (Å²) >= 11 is 0. The van der Waals surface area contributed by atoms with E-state index in [0.717, 1.165) is 30.8 Å². The fourth-order valence-electron chi connectivity index (χ4n) is 1.84. The molecule has 1 rings (SSSR count). The second-order valence-electron chi connectivity index (χ2n) is 4.94. The predicted molar refractivity (Wildman–Crippen MR) is 76.0 cm³/mol. The number of carbonyl (C=O) groups excluding carboxylic acids is 1. The van der Waals surface area contributed by atoms with Crippen molar-refractivity contribution < 1.29 is 4.79 Å². The minimum absolute atomic E-state index is 0.108. The molecule has 1 aromatic carbocycles. The van der Waals surface area contributed by atoms with Crippen LogP contribution in [0.2, 0.25) is 0 Å². The highest BCUT2D eigenvalue weighted by Crippen LogP contribution is 2.12. The summed E-state index contributed by atoms with van der Waals surface area (Å²) in [5.41, 5.74) is 3.05. The van der Waals surface area contributed by atoms with Crippen LogP contribution >= 0.6 is 0 Å². The van der Waals surface area contributed by atoms with Gasteiger partial charge in [0.05, 0.1) is 0 Å². The van der Waals surface area contributed by atoms with Crippen LogP contribution in [0.25, 0.3) is 0 Å². The average molecular weight is 248 g/mol. The summed E-state index contributed by atoms with van der Waals surface area (Å²) < 4.78 is 0. The highest BCUT2D eigenvalue weighted by Gasteiger charge is 2.14. The smallest absolute Gasteiger partial charge is 0.253 e. The summed E-state index contributed by atoms with van der Waals surface area (Å²) in [6.45, 7) is 8.82. The van der Waals surface area contributed by atoms with Crippen LogP contribution in [0, 0.1) is 13.8 Å². The molecular formula is C15H24N2O. The first-order valence-electron chi connectivity index (χ1n) is 6.47. The second kappa shape index (κ2) is 6.55. The first kappa shape index (κ1) is 14.7. The van der Waals surface area contributed by atoms with Crippen molar-refractivity contribution in [1.29, 1.82) is 0 Å². The van der Waals surface area contributed by atoms with Gasteiger partial charge in [-0.2, -0.15) is 0 Å². The first-order chi connectivity index (χ1) is 8.45. The summed E-state index contributed by atoms with van der Waals surface area (Å²) in [6, 6.07) is 5.97. The molecule has 100 valence electrons. The van der Waals surface area contributed by atoms with E-state index in [1.807, 2.05) is 33.0 Å². The summed E-state index contributed by atoms with van der Waals surface area (Å²) in [6.07, 6.45) is 0. The molecule has 0 bridgehead atoms. The molecule has 1 amide bonds. The minimum atomic E-state index is 0.108. The Morgan fingerprint density at radius 2 is 1.83 bits per heavy atom. The number of benzene rings is 1. The second-order valence-corrected chi connectivity index (χ2v) is 4.94. The van der Waals surface area contributed by atoms with Crippen molar-refractivity contribution in [3.05, 3.63) is 34.9 Å².